The smallest absolute Gasteiger partial charge is 0.427 e. The van der Waals surface area contributed by atoms with Crippen LogP contribution in [0.25, 0.3) is 22.0 Å². The highest BCUT2D eigenvalue weighted by Crippen LogP contribution is 2.42. The number of nitrogens with one attached hydrogen (secondary N) is 1. The summed E-state index contributed by atoms with van der Waals surface area (Å²) in [4.78, 5) is 47.7. The van der Waals surface area contributed by atoms with E-state index < -0.39 is 77.4 Å². The van der Waals surface area contributed by atoms with Crippen molar-refractivity contribution in [3.63, 3.8) is 0 Å². The molecule has 302 valence electrons. The second-order valence-corrected chi connectivity index (χ2v) is 16.7. The van der Waals surface area contributed by atoms with Gasteiger partial charge in [-0.05, 0) is 62.1 Å². The fourth-order valence-electron chi connectivity index (χ4n) is 5.25. The number of pyridine rings is 1. The summed E-state index contributed by atoms with van der Waals surface area (Å²) in [7, 11) is -6.38. The zero-order valence-electron chi connectivity index (χ0n) is 29.9. The van der Waals surface area contributed by atoms with Crippen molar-refractivity contribution in [2.24, 2.45) is 0 Å². The van der Waals surface area contributed by atoms with Gasteiger partial charge in [0.15, 0.2) is 5.82 Å². The van der Waals surface area contributed by atoms with E-state index in [-0.39, 0.29) is 70.1 Å². The van der Waals surface area contributed by atoms with E-state index >= 15 is 0 Å². The molecule has 2 aromatic carbocycles. The van der Waals surface area contributed by atoms with Crippen LogP contribution >= 0.6 is 20.2 Å². The first-order valence-electron chi connectivity index (χ1n) is 16.1. The van der Waals surface area contributed by atoms with Crippen molar-refractivity contribution in [2.75, 3.05) is 30.0 Å². The minimum absolute atomic E-state index is 0.0237. The van der Waals surface area contributed by atoms with Crippen molar-refractivity contribution in [1.82, 2.24) is 20.1 Å². The molecule has 4 rings (SSSR count). The van der Waals surface area contributed by atoms with Gasteiger partial charge in [-0.15, -0.1) is 0 Å². The van der Waals surface area contributed by atoms with E-state index in [4.69, 9.17) is 26.1 Å². The largest absolute Gasteiger partial charge is 0.448 e. The second-order valence-electron chi connectivity index (χ2n) is 12.3. The summed E-state index contributed by atoms with van der Waals surface area (Å²) in [6, 6.07) is 6.97. The molecule has 0 radical (unpaired) electrons. The Hall–Kier alpha value is -4.09. The molecule has 2 aromatic heterocycles. The van der Waals surface area contributed by atoms with E-state index in [9.17, 15) is 40.0 Å². The molecule has 2 amide bonds. The third-order valence-corrected chi connectivity index (χ3v) is 11.0. The number of hydrogen-bond acceptors (Lipinski definition) is 10. The summed E-state index contributed by atoms with van der Waals surface area (Å²) < 4.78 is 106. The number of carbonyl (C=O) groups excluding carboxylic acids is 2. The molecule has 2 heterocycles. The summed E-state index contributed by atoms with van der Waals surface area (Å²) >= 11 is 6.60. The van der Waals surface area contributed by atoms with Gasteiger partial charge in [-0.25, -0.2) is 22.8 Å². The molecule has 0 saturated heterocycles. The monoisotopic (exact) mass is 865 g/mol. The van der Waals surface area contributed by atoms with E-state index in [1.54, 1.807) is 13.8 Å². The molecule has 0 aliphatic rings. The molecule has 13 nitrogen and oxygen atoms in total. The van der Waals surface area contributed by atoms with Gasteiger partial charge < -0.3 is 24.4 Å². The third-order valence-electron chi connectivity index (χ3n) is 7.88. The molecule has 56 heavy (non-hydrogen) atoms. The topological polar surface area (TPSA) is 173 Å². The predicted octanol–water partition coefficient (Wildman–Crippen LogP) is 5.99. The van der Waals surface area contributed by atoms with E-state index in [1.807, 2.05) is 0 Å². The van der Waals surface area contributed by atoms with Crippen LogP contribution < -0.4 is 9.62 Å². The Morgan fingerprint density at radius 3 is 2.34 bits per heavy atom. The number of hydrogen-bond donors (Lipinski definition) is 3. The van der Waals surface area contributed by atoms with Crippen molar-refractivity contribution < 1.29 is 59.0 Å². The van der Waals surface area contributed by atoms with Gasteiger partial charge in [-0.2, -0.15) is 22.6 Å². The van der Waals surface area contributed by atoms with Gasteiger partial charge in [0.1, 0.15) is 39.6 Å². The number of carbonyl (C=O) groups is 2. The maximum atomic E-state index is 14.3. The van der Waals surface area contributed by atoms with Gasteiger partial charge >= 0.3 is 20.9 Å². The first kappa shape index (κ1) is 44.6. The van der Waals surface area contributed by atoms with Crippen molar-refractivity contribution in [3.05, 3.63) is 76.1 Å². The summed E-state index contributed by atoms with van der Waals surface area (Å²) in [6.45, 7) is 0.915. The lowest BCUT2D eigenvalue weighted by atomic mass is 9.94. The van der Waals surface area contributed by atoms with Crippen molar-refractivity contribution in [3.8, 4) is 23.0 Å². The van der Waals surface area contributed by atoms with Crippen LogP contribution in [0.3, 0.4) is 0 Å². The van der Waals surface area contributed by atoms with Gasteiger partial charge in [0.2, 0.25) is 6.41 Å². The summed E-state index contributed by atoms with van der Waals surface area (Å²) in [5.41, 5.74) is -0.132. The van der Waals surface area contributed by atoms with Crippen LogP contribution in [0.2, 0.25) is 5.02 Å². The highest BCUT2D eigenvalue weighted by molar-refractivity contribution is 7.86. The third kappa shape index (κ3) is 11.5. The quantitative estimate of drug-likeness (QED) is 0.0424. The number of fused-ring (bicyclic) bond motifs is 1. The highest BCUT2D eigenvalue weighted by atomic mass is 35.5. The van der Waals surface area contributed by atoms with Crippen LogP contribution in [0.15, 0.2) is 42.5 Å². The number of ether oxygens (including phenoxy) is 1. The molecule has 3 N–H and O–H groups in total. The Bertz CT molecular complexity index is 2200. The minimum Gasteiger partial charge on any atom is -0.448 e. The van der Waals surface area contributed by atoms with E-state index in [2.05, 4.69) is 31.8 Å². The first-order valence-corrected chi connectivity index (χ1v) is 20.7. The number of benzene rings is 2. The number of rotatable bonds is 15. The molecule has 22 heteroatoms. The standard InChI is InChI=1S/C34H34ClF5N5O8PS2/c1-33(2,55(3)50)11-10-23-6-7-24(29(42-23)27(41-19-46)16-20-14-21(36)17-22(37)15-20)25-8-9-26(35)28-30(25)44(18-34(38,39)40)43-31(28)45(56(4)51)32(47)52-12-5-13-53-54(48)49/h6-9,14-15,17,19,27,48-49H,5,12-13,16,18H2,1-4H3,(H,41,46). The van der Waals surface area contributed by atoms with Gasteiger partial charge in [0, 0.05) is 46.9 Å². The number of anilines is 1. The number of nitrogens with zero attached hydrogens (tertiary/aromatic N) is 4. The van der Waals surface area contributed by atoms with E-state index in [0.717, 1.165) is 18.4 Å². The summed E-state index contributed by atoms with van der Waals surface area (Å²) in [6.07, 6.45) is -3.69. The molecule has 3 unspecified atom stereocenters. The van der Waals surface area contributed by atoms with Crippen LogP contribution in [0.1, 0.15) is 43.3 Å². The van der Waals surface area contributed by atoms with Gasteiger partial charge in [0.25, 0.3) is 0 Å². The maximum Gasteiger partial charge on any atom is 0.427 e. The maximum absolute atomic E-state index is 14.3. The normalized spacial score (nSPS) is 13.5. The van der Waals surface area contributed by atoms with Crippen LogP contribution in [0.5, 0.6) is 0 Å². The van der Waals surface area contributed by atoms with E-state index in [0.29, 0.717) is 21.5 Å². The molecule has 0 aliphatic heterocycles. The molecular weight excluding hydrogens is 832 g/mol. The Balaban J connectivity index is 2.01. The molecular formula is C34H34ClF5N5O8PS2. The predicted molar refractivity (Wildman–Crippen MR) is 201 cm³/mol. The Labute approximate surface area is 328 Å². The zero-order chi connectivity index (χ0) is 41.5. The van der Waals surface area contributed by atoms with Crippen molar-refractivity contribution in [2.45, 2.75) is 50.2 Å². The highest BCUT2D eigenvalue weighted by Gasteiger charge is 2.35. The van der Waals surface area contributed by atoms with Crippen molar-refractivity contribution in [1.29, 1.82) is 0 Å². The average Bonchev–Trinajstić information content (AvgIpc) is 3.44. The summed E-state index contributed by atoms with van der Waals surface area (Å²) in [5, 5.41) is 6.13. The second kappa shape index (κ2) is 18.9. The molecule has 4 aromatic rings. The van der Waals surface area contributed by atoms with Crippen LogP contribution in [0.4, 0.5) is 32.6 Å². The summed E-state index contributed by atoms with van der Waals surface area (Å²) in [5.74, 6) is 3.30. The number of alkyl halides is 3. The Morgan fingerprint density at radius 1 is 1.09 bits per heavy atom. The lowest BCUT2D eigenvalue weighted by Crippen LogP contribution is -2.34. The molecule has 0 aliphatic carbocycles. The zero-order valence-corrected chi connectivity index (χ0v) is 33.2. The lowest BCUT2D eigenvalue weighted by Gasteiger charge is -2.21. The van der Waals surface area contributed by atoms with Gasteiger partial charge in [-0.1, -0.05) is 23.6 Å². The molecule has 0 bridgehead atoms. The van der Waals surface area contributed by atoms with Crippen LogP contribution in [-0.2, 0) is 48.8 Å². The molecule has 0 spiro atoms. The molecule has 3 atom stereocenters. The lowest BCUT2D eigenvalue weighted by molar-refractivity contribution is -0.141. The van der Waals surface area contributed by atoms with Crippen LogP contribution in [0, 0.1) is 23.5 Å². The number of halogens is 6. The first-order chi connectivity index (χ1) is 26.2. The Kier molecular flexibility index (Phi) is 15.1. The van der Waals surface area contributed by atoms with E-state index in [1.165, 1.54) is 30.5 Å². The fraction of sp³-hybridized carbons (Fsp3) is 0.353. The molecule has 0 saturated carbocycles. The average molecular weight is 866 g/mol. The minimum atomic E-state index is -4.90. The Morgan fingerprint density at radius 2 is 1.75 bits per heavy atom. The number of amides is 2. The molecule has 0 fully saturated rings. The van der Waals surface area contributed by atoms with Crippen LogP contribution in [-0.4, -0.2) is 82.1 Å². The number of aromatic nitrogens is 3. The van der Waals surface area contributed by atoms with Crippen molar-refractivity contribution >= 4 is 71.2 Å². The van der Waals surface area contributed by atoms with Gasteiger partial charge in [-0.3, -0.25) is 13.7 Å². The van der Waals surface area contributed by atoms with Gasteiger partial charge in [0.05, 0.1) is 40.9 Å². The SMILES string of the molecule is CS(=O)N(C(=O)OCCCOP(O)O)c1nn(CC(F)(F)F)c2c(-c3ccc(C#CC(C)(C)S(C)=O)nc3C(Cc3cc(F)cc(F)c3)NC=O)ccc(Cl)c12. The fourth-order valence-corrected chi connectivity index (χ4v) is 6.61.